The number of hydrogen-bond acceptors (Lipinski definition) is 1. The molecule has 2 atom stereocenters. The number of carbonyl (C=O) groups excluding carboxylic acids is 1. The molecule has 2 unspecified atom stereocenters. The monoisotopic (exact) mass is 197 g/mol. The van der Waals surface area contributed by atoms with Gasteiger partial charge in [0.2, 0.25) is 5.91 Å². The van der Waals surface area contributed by atoms with Crippen LogP contribution in [-0.4, -0.2) is 23.4 Å². The van der Waals surface area contributed by atoms with Crippen molar-refractivity contribution in [2.45, 2.75) is 53.5 Å². The summed E-state index contributed by atoms with van der Waals surface area (Å²) in [4.78, 5) is 13.3. The zero-order valence-corrected chi connectivity index (χ0v) is 10.1. The molecule has 82 valence electrons. The molecule has 0 aromatic rings. The first kappa shape index (κ1) is 11.5. The van der Waals surface area contributed by atoms with E-state index < -0.39 is 0 Å². The molecule has 1 fully saturated rings. The quantitative estimate of drug-likeness (QED) is 0.584. The standard InChI is InChI=1S/C12H23NO/c1-9-8-11(12(3,4)5)6-7-13(9)10(2)14/h9,11H,6-8H2,1-5H3. The number of rotatable bonds is 0. The van der Waals surface area contributed by atoms with Crippen LogP contribution in [0.1, 0.15) is 47.5 Å². The van der Waals surface area contributed by atoms with Gasteiger partial charge in [0.1, 0.15) is 0 Å². The first-order valence-electron chi connectivity index (χ1n) is 5.59. The van der Waals surface area contributed by atoms with E-state index in [1.165, 1.54) is 0 Å². The van der Waals surface area contributed by atoms with Crippen molar-refractivity contribution >= 4 is 5.91 Å². The third-order valence-electron chi connectivity index (χ3n) is 3.51. The van der Waals surface area contributed by atoms with Crippen LogP contribution >= 0.6 is 0 Å². The number of nitrogens with zero attached hydrogens (tertiary/aromatic N) is 1. The lowest BCUT2D eigenvalue weighted by molar-refractivity contribution is -0.133. The average molecular weight is 197 g/mol. The smallest absolute Gasteiger partial charge is 0.219 e. The number of likely N-dealkylation sites (tertiary alicyclic amines) is 1. The Morgan fingerprint density at radius 3 is 2.29 bits per heavy atom. The van der Waals surface area contributed by atoms with Crippen molar-refractivity contribution in [3.63, 3.8) is 0 Å². The zero-order chi connectivity index (χ0) is 10.9. The lowest BCUT2D eigenvalue weighted by Crippen LogP contribution is -2.45. The van der Waals surface area contributed by atoms with Crippen molar-refractivity contribution in [3.05, 3.63) is 0 Å². The van der Waals surface area contributed by atoms with Gasteiger partial charge < -0.3 is 4.90 Å². The molecule has 0 aromatic heterocycles. The Labute approximate surface area is 87.7 Å². The van der Waals surface area contributed by atoms with Gasteiger partial charge in [-0.3, -0.25) is 4.79 Å². The van der Waals surface area contributed by atoms with E-state index in [-0.39, 0.29) is 5.91 Å². The predicted molar refractivity (Wildman–Crippen MR) is 59.0 cm³/mol. The highest BCUT2D eigenvalue weighted by Crippen LogP contribution is 2.36. The zero-order valence-electron chi connectivity index (χ0n) is 10.1. The van der Waals surface area contributed by atoms with Crippen molar-refractivity contribution < 1.29 is 4.79 Å². The number of piperidine rings is 1. The molecule has 1 rings (SSSR count). The highest BCUT2D eigenvalue weighted by molar-refractivity contribution is 5.73. The molecule has 2 nitrogen and oxygen atoms in total. The van der Waals surface area contributed by atoms with Gasteiger partial charge in [0.25, 0.3) is 0 Å². The van der Waals surface area contributed by atoms with Crippen LogP contribution in [0.4, 0.5) is 0 Å². The summed E-state index contributed by atoms with van der Waals surface area (Å²) >= 11 is 0. The molecule has 0 aliphatic carbocycles. The van der Waals surface area contributed by atoms with Crippen molar-refractivity contribution in [2.75, 3.05) is 6.54 Å². The maximum absolute atomic E-state index is 11.3. The lowest BCUT2D eigenvalue weighted by Gasteiger charge is -2.42. The van der Waals surface area contributed by atoms with E-state index in [0.29, 0.717) is 11.5 Å². The van der Waals surface area contributed by atoms with E-state index in [0.717, 1.165) is 25.3 Å². The molecule has 0 saturated carbocycles. The van der Waals surface area contributed by atoms with E-state index in [9.17, 15) is 4.79 Å². The Kier molecular flexibility index (Phi) is 3.23. The molecule has 0 N–H and O–H groups in total. The van der Waals surface area contributed by atoms with Crippen molar-refractivity contribution in [2.24, 2.45) is 11.3 Å². The van der Waals surface area contributed by atoms with Gasteiger partial charge in [-0.25, -0.2) is 0 Å². The molecule has 0 bridgehead atoms. The molecule has 1 saturated heterocycles. The van der Waals surface area contributed by atoms with Crippen LogP contribution in [0, 0.1) is 11.3 Å². The van der Waals surface area contributed by atoms with E-state index in [2.05, 4.69) is 27.7 Å². The van der Waals surface area contributed by atoms with Gasteiger partial charge in [-0.2, -0.15) is 0 Å². The summed E-state index contributed by atoms with van der Waals surface area (Å²) in [5.41, 5.74) is 0.386. The molecule has 1 amide bonds. The van der Waals surface area contributed by atoms with Crippen LogP contribution in [0.2, 0.25) is 0 Å². The van der Waals surface area contributed by atoms with Crippen LogP contribution in [-0.2, 0) is 4.79 Å². The first-order valence-corrected chi connectivity index (χ1v) is 5.59. The summed E-state index contributed by atoms with van der Waals surface area (Å²) in [6.07, 6.45) is 2.32. The summed E-state index contributed by atoms with van der Waals surface area (Å²) < 4.78 is 0. The van der Waals surface area contributed by atoms with Gasteiger partial charge in [-0.15, -0.1) is 0 Å². The molecule has 0 aromatic carbocycles. The normalized spacial score (nSPS) is 29.1. The van der Waals surface area contributed by atoms with Gasteiger partial charge in [0.15, 0.2) is 0 Å². The molecular formula is C12H23NO. The molecule has 0 spiro atoms. The Balaban J connectivity index is 2.60. The van der Waals surface area contributed by atoms with E-state index in [4.69, 9.17) is 0 Å². The summed E-state index contributed by atoms with van der Waals surface area (Å²) in [6, 6.07) is 0.422. The minimum Gasteiger partial charge on any atom is -0.340 e. The Hall–Kier alpha value is -0.530. The van der Waals surface area contributed by atoms with Gasteiger partial charge in [0, 0.05) is 19.5 Å². The predicted octanol–water partition coefficient (Wildman–Crippen LogP) is 2.68. The number of amides is 1. The third-order valence-corrected chi connectivity index (χ3v) is 3.51. The van der Waals surface area contributed by atoms with Crippen LogP contribution in [0.5, 0.6) is 0 Å². The summed E-state index contributed by atoms with van der Waals surface area (Å²) in [6.45, 7) is 11.7. The minimum atomic E-state index is 0.227. The fourth-order valence-corrected chi connectivity index (χ4v) is 2.43. The number of carbonyl (C=O) groups is 1. The molecule has 2 heteroatoms. The number of hydrogen-bond donors (Lipinski definition) is 0. The van der Waals surface area contributed by atoms with Crippen LogP contribution in [0.3, 0.4) is 0 Å². The van der Waals surface area contributed by atoms with Crippen molar-refractivity contribution in [3.8, 4) is 0 Å². The Morgan fingerprint density at radius 2 is 1.93 bits per heavy atom. The largest absolute Gasteiger partial charge is 0.340 e. The highest BCUT2D eigenvalue weighted by Gasteiger charge is 2.33. The third kappa shape index (κ3) is 2.49. The highest BCUT2D eigenvalue weighted by atomic mass is 16.2. The van der Waals surface area contributed by atoms with Crippen molar-refractivity contribution in [1.82, 2.24) is 4.90 Å². The second-order valence-electron chi connectivity index (χ2n) is 5.65. The lowest BCUT2D eigenvalue weighted by atomic mass is 9.73. The fraction of sp³-hybridized carbons (Fsp3) is 0.917. The second kappa shape index (κ2) is 3.92. The molecule has 14 heavy (non-hydrogen) atoms. The van der Waals surface area contributed by atoms with Gasteiger partial charge in [0.05, 0.1) is 0 Å². The summed E-state index contributed by atoms with van der Waals surface area (Å²) in [5, 5.41) is 0. The van der Waals surface area contributed by atoms with E-state index in [1.54, 1.807) is 6.92 Å². The Morgan fingerprint density at radius 1 is 1.36 bits per heavy atom. The molecule has 1 aliphatic heterocycles. The van der Waals surface area contributed by atoms with Gasteiger partial charge in [-0.1, -0.05) is 20.8 Å². The molecule has 0 radical (unpaired) electrons. The second-order valence-corrected chi connectivity index (χ2v) is 5.65. The Bertz CT molecular complexity index is 217. The summed E-state index contributed by atoms with van der Waals surface area (Å²) in [7, 11) is 0. The minimum absolute atomic E-state index is 0.227. The van der Waals surface area contributed by atoms with Crippen LogP contribution < -0.4 is 0 Å². The van der Waals surface area contributed by atoms with Crippen LogP contribution in [0.25, 0.3) is 0 Å². The molecule has 1 aliphatic rings. The van der Waals surface area contributed by atoms with Gasteiger partial charge >= 0.3 is 0 Å². The topological polar surface area (TPSA) is 20.3 Å². The first-order chi connectivity index (χ1) is 6.32. The molecule has 1 heterocycles. The SMILES string of the molecule is CC(=O)N1CCC(C(C)(C)C)CC1C. The van der Waals surface area contributed by atoms with Crippen molar-refractivity contribution in [1.29, 1.82) is 0 Å². The summed E-state index contributed by atoms with van der Waals surface area (Å²) in [5.74, 6) is 0.984. The van der Waals surface area contributed by atoms with E-state index in [1.807, 2.05) is 4.90 Å². The van der Waals surface area contributed by atoms with E-state index >= 15 is 0 Å². The average Bonchev–Trinajstić information content (AvgIpc) is 2.01. The van der Waals surface area contributed by atoms with Gasteiger partial charge in [-0.05, 0) is 31.1 Å². The van der Waals surface area contributed by atoms with Crippen LogP contribution in [0.15, 0.2) is 0 Å². The molecular weight excluding hydrogens is 174 g/mol. The maximum Gasteiger partial charge on any atom is 0.219 e. The fourth-order valence-electron chi connectivity index (χ4n) is 2.43. The maximum atomic E-state index is 11.3.